The number of Topliss-reactive ketones (excluding diaryl/α,β-unsaturated/α-hetero) is 1. The topological polar surface area (TPSA) is 66.4 Å². The second-order valence-electron chi connectivity index (χ2n) is 7.24. The summed E-state index contributed by atoms with van der Waals surface area (Å²) in [6, 6.07) is 8.97. The molecule has 1 saturated carbocycles. The number of nitrogens with one attached hydrogen (secondary N) is 1. The lowest BCUT2D eigenvalue weighted by Crippen LogP contribution is -2.48. The van der Waals surface area contributed by atoms with E-state index in [0.29, 0.717) is 18.8 Å². The van der Waals surface area contributed by atoms with Gasteiger partial charge in [-0.3, -0.25) is 9.59 Å². The minimum atomic E-state index is -1.14. The van der Waals surface area contributed by atoms with Crippen molar-refractivity contribution in [2.75, 3.05) is 0 Å². The molecule has 0 aromatic heterocycles. The minimum Gasteiger partial charge on any atom is -0.383 e. The van der Waals surface area contributed by atoms with Gasteiger partial charge in [-0.15, -0.1) is 0 Å². The molecule has 2 rings (SSSR count). The van der Waals surface area contributed by atoms with Gasteiger partial charge in [-0.25, -0.2) is 0 Å². The van der Waals surface area contributed by atoms with Crippen molar-refractivity contribution in [2.24, 2.45) is 5.92 Å². The molecule has 0 unspecified atom stereocenters. The van der Waals surface area contributed by atoms with Crippen LogP contribution in [0.2, 0.25) is 0 Å². The first-order valence-electron chi connectivity index (χ1n) is 9.64. The molecule has 0 heterocycles. The predicted octanol–water partition coefficient (Wildman–Crippen LogP) is 3.41. The van der Waals surface area contributed by atoms with Crippen molar-refractivity contribution >= 4 is 11.7 Å². The van der Waals surface area contributed by atoms with Gasteiger partial charge in [0.1, 0.15) is 6.10 Å². The van der Waals surface area contributed by atoms with Gasteiger partial charge >= 0.3 is 0 Å². The lowest BCUT2D eigenvalue weighted by molar-refractivity contribution is -0.130. The zero-order valence-corrected chi connectivity index (χ0v) is 15.2. The number of benzene rings is 1. The van der Waals surface area contributed by atoms with Crippen molar-refractivity contribution in [3.63, 3.8) is 0 Å². The molecule has 1 aliphatic carbocycles. The van der Waals surface area contributed by atoms with Gasteiger partial charge in [-0.1, -0.05) is 69.4 Å². The molecule has 0 spiro atoms. The number of carbonyl (C=O) groups is 2. The third-order valence-electron chi connectivity index (χ3n) is 5.07. The number of aliphatic hydroxyl groups excluding tert-OH is 1. The fourth-order valence-electron chi connectivity index (χ4n) is 3.68. The second kappa shape index (κ2) is 10.3. The van der Waals surface area contributed by atoms with E-state index in [-0.39, 0.29) is 18.1 Å². The molecule has 1 aliphatic rings. The van der Waals surface area contributed by atoms with E-state index in [0.717, 1.165) is 24.8 Å². The normalized spacial score (nSPS) is 17.7. The van der Waals surface area contributed by atoms with Crippen LogP contribution < -0.4 is 5.32 Å². The van der Waals surface area contributed by atoms with Crippen molar-refractivity contribution in [3.8, 4) is 0 Å². The Balaban J connectivity index is 2.00. The highest BCUT2D eigenvalue weighted by Gasteiger charge is 2.30. The maximum absolute atomic E-state index is 12.5. The van der Waals surface area contributed by atoms with Crippen LogP contribution in [0.15, 0.2) is 30.3 Å². The Morgan fingerprint density at radius 3 is 2.48 bits per heavy atom. The first-order valence-corrected chi connectivity index (χ1v) is 9.64. The predicted molar refractivity (Wildman–Crippen MR) is 99.2 cm³/mol. The van der Waals surface area contributed by atoms with E-state index in [1.165, 1.54) is 19.3 Å². The number of aliphatic hydroxyl groups is 1. The van der Waals surface area contributed by atoms with Gasteiger partial charge < -0.3 is 10.4 Å². The van der Waals surface area contributed by atoms with E-state index >= 15 is 0 Å². The Hall–Kier alpha value is -1.68. The Morgan fingerprint density at radius 2 is 1.84 bits per heavy atom. The van der Waals surface area contributed by atoms with Gasteiger partial charge in [0.2, 0.25) is 5.91 Å². The standard InChI is InChI=1S/C21H31NO3/c1-2-9-20(24)22-18(14-16-10-5-3-6-11-16)21(25)19(23)15-17-12-7-4-8-13-17/h4,7-8,12-13,16,18,21,25H,2-3,5-6,9-11,14-15H2,1H3,(H,22,24)/t18-,21+/m0/s1. The maximum Gasteiger partial charge on any atom is 0.220 e. The summed E-state index contributed by atoms with van der Waals surface area (Å²) >= 11 is 0. The molecule has 1 aromatic carbocycles. The van der Waals surface area contributed by atoms with Gasteiger partial charge in [0, 0.05) is 12.8 Å². The Kier molecular flexibility index (Phi) is 8.13. The average Bonchev–Trinajstić information content (AvgIpc) is 2.62. The van der Waals surface area contributed by atoms with Crippen LogP contribution in [0.1, 0.15) is 63.9 Å². The molecule has 4 nitrogen and oxygen atoms in total. The molecular weight excluding hydrogens is 314 g/mol. The van der Waals surface area contributed by atoms with E-state index in [1.54, 1.807) is 0 Å². The number of carbonyl (C=O) groups excluding carboxylic acids is 2. The van der Waals surface area contributed by atoms with Crippen molar-refractivity contribution in [1.29, 1.82) is 0 Å². The van der Waals surface area contributed by atoms with E-state index in [9.17, 15) is 14.7 Å². The van der Waals surface area contributed by atoms with Crippen molar-refractivity contribution < 1.29 is 14.7 Å². The molecule has 2 N–H and O–H groups in total. The maximum atomic E-state index is 12.5. The van der Waals surface area contributed by atoms with Crippen LogP contribution in [0.5, 0.6) is 0 Å². The van der Waals surface area contributed by atoms with Crippen LogP contribution in [0, 0.1) is 5.92 Å². The molecule has 0 radical (unpaired) electrons. The summed E-state index contributed by atoms with van der Waals surface area (Å²) in [4.78, 5) is 24.6. The van der Waals surface area contributed by atoms with Crippen LogP contribution in [0.25, 0.3) is 0 Å². The van der Waals surface area contributed by atoms with Crippen LogP contribution >= 0.6 is 0 Å². The molecule has 2 atom stereocenters. The highest BCUT2D eigenvalue weighted by molar-refractivity contribution is 5.86. The van der Waals surface area contributed by atoms with Crippen molar-refractivity contribution in [2.45, 2.75) is 76.9 Å². The minimum absolute atomic E-state index is 0.0742. The van der Waals surface area contributed by atoms with Crippen LogP contribution in [-0.4, -0.2) is 28.9 Å². The zero-order valence-electron chi connectivity index (χ0n) is 15.2. The highest BCUT2D eigenvalue weighted by atomic mass is 16.3. The molecule has 1 aromatic rings. The van der Waals surface area contributed by atoms with Gasteiger partial charge in [0.15, 0.2) is 5.78 Å². The first-order chi connectivity index (χ1) is 12.1. The van der Waals surface area contributed by atoms with E-state index < -0.39 is 12.1 Å². The van der Waals surface area contributed by atoms with E-state index in [1.807, 2.05) is 37.3 Å². The lowest BCUT2D eigenvalue weighted by Gasteiger charge is -2.29. The third-order valence-corrected chi connectivity index (χ3v) is 5.07. The Labute approximate surface area is 151 Å². The molecule has 0 saturated heterocycles. The number of amides is 1. The van der Waals surface area contributed by atoms with E-state index in [4.69, 9.17) is 0 Å². The summed E-state index contributed by atoms with van der Waals surface area (Å²) in [5, 5.41) is 13.5. The largest absolute Gasteiger partial charge is 0.383 e. The number of hydrogen-bond acceptors (Lipinski definition) is 3. The molecule has 1 fully saturated rings. The zero-order chi connectivity index (χ0) is 18.1. The Morgan fingerprint density at radius 1 is 1.16 bits per heavy atom. The van der Waals surface area contributed by atoms with Gasteiger partial charge in [-0.05, 0) is 24.3 Å². The fourth-order valence-corrected chi connectivity index (χ4v) is 3.68. The average molecular weight is 345 g/mol. The van der Waals surface area contributed by atoms with Gasteiger partial charge in [-0.2, -0.15) is 0 Å². The number of rotatable bonds is 9. The van der Waals surface area contributed by atoms with Crippen LogP contribution in [-0.2, 0) is 16.0 Å². The SMILES string of the molecule is CCCC(=O)N[C@@H](CC1CCCCC1)[C@@H](O)C(=O)Cc1ccccc1. The third kappa shape index (κ3) is 6.62. The quantitative estimate of drug-likeness (QED) is 0.721. The van der Waals surface area contributed by atoms with E-state index in [2.05, 4.69) is 5.32 Å². The molecular formula is C21H31NO3. The van der Waals surface area contributed by atoms with Crippen molar-refractivity contribution in [3.05, 3.63) is 35.9 Å². The summed E-state index contributed by atoms with van der Waals surface area (Å²) in [6.07, 6.45) is 6.87. The molecule has 25 heavy (non-hydrogen) atoms. The van der Waals surface area contributed by atoms with Crippen LogP contribution in [0.4, 0.5) is 0 Å². The molecule has 0 bridgehead atoms. The fraction of sp³-hybridized carbons (Fsp3) is 0.619. The summed E-state index contributed by atoms with van der Waals surface area (Å²) in [5.41, 5.74) is 0.892. The number of hydrogen-bond donors (Lipinski definition) is 2. The monoisotopic (exact) mass is 345 g/mol. The highest BCUT2D eigenvalue weighted by Crippen LogP contribution is 2.28. The first kappa shape index (κ1) is 19.6. The molecule has 138 valence electrons. The summed E-state index contributed by atoms with van der Waals surface area (Å²) in [5.74, 6) is 0.193. The second-order valence-corrected chi connectivity index (χ2v) is 7.24. The van der Waals surface area contributed by atoms with Gasteiger partial charge in [0.25, 0.3) is 0 Å². The molecule has 4 heteroatoms. The Bertz CT molecular complexity index is 537. The van der Waals surface area contributed by atoms with Crippen molar-refractivity contribution in [1.82, 2.24) is 5.32 Å². The summed E-state index contributed by atoms with van der Waals surface area (Å²) < 4.78 is 0. The number of ketones is 1. The molecule has 1 amide bonds. The van der Waals surface area contributed by atoms with Gasteiger partial charge in [0.05, 0.1) is 6.04 Å². The smallest absolute Gasteiger partial charge is 0.220 e. The summed E-state index contributed by atoms with van der Waals surface area (Å²) in [6.45, 7) is 1.95. The molecule has 0 aliphatic heterocycles. The van der Waals surface area contributed by atoms with Crippen LogP contribution in [0.3, 0.4) is 0 Å². The lowest BCUT2D eigenvalue weighted by atomic mass is 9.83. The summed E-state index contributed by atoms with van der Waals surface area (Å²) in [7, 11) is 0.